The number of amides is 3. The molecule has 1 aromatic rings. The molecule has 0 bridgehead atoms. The topological polar surface area (TPSA) is 208 Å². The molecule has 0 aliphatic rings. The highest BCUT2D eigenvalue weighted by molar-refractivity contribution is 5.94. The van der Waals surface area contributed by atoms with Crippen LogP contribution in [0, 0.1) is 5.92 Å². The molecule has 1 aromatic carbocycles. The van der Waals surface area contributed by atoms with Crippen LogP contribution >= 0.6 is 0 Å². The summed E-state index contributed by atoms with van der Waals surface area (Å²) in [6.07, 6.45) is -0.0643. The molecule has 12 heteroatoms. The Morgan fingerprint density at radius 1 is 0.914 bits per heavy atom. The van der Waals surface area contributed by atoms with Gasteiger partial charge in [0.25, 0.3) is 0 Å². The first-order chi connectivity index (χ1) is 16.5. The van der Waals surface area contributed by atoms with Gasteiger partial charge in [-0.1, -0.05) is 50.6 Å². The standard InChI is InChI=1S/C23H34N4O8/c1-3-13(2)19(22(33)26-17(12-28)23(34)35)27-21(32)16(9-10-18(29)30)25-20(31)15(24)11-14-7-5-4-6-8-14/h4-8,13,15-17,19,28H,3,9-12,24H2,1-2H3,(H,25,31)(H,26,33)(H,27,32)(H,29,30)(H,34,35). The van der Waals surface area contributed by atoms with Gasteiger partial charge in [-0.05, 0) is 24.3 Å². The molecule has 3 amide bonds. The summed E-state index contributed by atoms with van der Waals surface area (Å²) in [7, 11) is 0. The average molecular weight is 495 g/mol. The van der Waals surface area contributed by atoms with E-state index in [0.29, 0.717) is 6.42 Å². The van der Waals surface area contributed by atoms with Crippen LogP contribution in [0.2, 0.25) is 0 Å². The average Bonchev–Trinajstić information content (AvgIpc) is 2.82. The Hall–Kier alpha value is -3.51. The second-order valence-corrected chi connectivity index (χ2v) is 8.24. The Labute approximate surface area is 203 Å². The number of hydrogen-bond acceptors (Lipinski definition) is 7. The van der Waals surface area contributed by atoms with Gasteiger partial charge in [0.2, 0.25) is 17.7 Å². The summed E-state index contributed by atoms with van der Waals surface area (Å²) in [6, 6.07) is 3.89. The molecule has 0 heterocycles. The monoisotopic (exact) mass is 494 g/mol. The number of nitrogens with two attached hydrogens (primary N) is 1. The van der Waals surface area contributed by atoms with Gasteiger partial charge in [0.05, 0.1) is 12.6 Å². The van der Waals surface area contributed by atoms with Crippen molar-refractivity contribution in [3.63, 3.8) is 0 Å². The zero-order valence-electron chi connectivity index (χ0n) is 19.8. The van der Waals surface area contributed by atoms with E-state index >= 15 is 0 Å². The number of aliphatic carboxylic acids is 2. The summed E-state index contributed by atoms with van der Waals surface area (Å²) in [4.78, 5) is 60.5. The number of carbonyl (C=O) groups excluding carboxylic acids is 3. The van der Waals surface area contributed by atoms with Crippen molar-refractivity contribution in [3.05, 3.63) is 35.9 Å². The van der Waals surface area contributed by atoms with Crippen molar-refractivity contribution < 1.29 is 39.3 Å². The predicted molar refractivity (Wildman–Crippen MR) is 125 cm³/mol. The number of carboxylic acids is 2. The lowest BCUT2D eigenvalue weighted by Crippen LogP contribution is -2.59. The summed E-state index contributed by atoms with van der Waals surface area (Å²) in [6.45, 7) is 2.56. The quantitative estimate of drug-likeness (QED) is 0.159. The summed E-state index contributed by atoms with van der Waals surface area (Å²) in [5.74, 6) is -5.40. The first-order valence-electron chi connectivity index (χ1n) is 11.3. The van der Waals surface area contributed by atoms with Crippen LogP contribution in [0.5, 0.6) is 0 Å². The van der Waals surface area contributed by atoms with Crippen molar-refractivity contribution in [2.75, 3.05) is 6.61 Å². The van der Waals surface area contributed by atoms with Crippen LogP contribution in [0.25, 0.3) is 0 Å². The van der Waals surface area contributed by atoms with Crippen LogP contribution < -0.4 is 21.7 Å². The fraction of sp³-hybridized carbons (Fsp3) is 0.522. The first kappa shape index (κ1) is 29.5. The zero-order valence-corrected chi connectivity index (χ0v) is 19.8. The first-order valence-corrected chi connectivity index (χ1v) is 11.3. The predicted octanol–water partition coefficient (Wildman–Crippen LogP) is -1.00. The molecule has 0 fully saturated rings. The molecular weight excluding hydrogens is 460 g/mol. The maximum absolute atomic E-state index is 13.0. The van der Waals surface area contributed by atoms with Gasteiger partial charge < -0.3 is 37.0 Å². The number of aliphatic hydroxyl groups is 1. The normalized spacial score (nSPS) is 15.1. The third kappa shape index (κ3) is 10.1. The van der Waals surface area contributed by atoms with Crippen molar-refractivity contribution in [1.29, 1.82) is 0 Å². The van der Waals surface area contributed by atoms with E-state index in [-0.39, 0.29) is 12.8 Å². The van der Waals surface area contributed by atoms with Crippen molar-refractivity contribution in [2.24, 2.45) is 11.7 Å². The van der Waals surface area contributed by atoms with Gasteiger partial charge in [-0.25, -0.2) is 4.79 Å². The molecule has 1 rings (SSSR count). The lowest BCUT2D eigenvalue weighted by atomic mass is 9.97. The Kier molecular flexibility index (Phi) is 12.4. The minimum absolute atomic E-state index is 0.190. The maximum atomic E-state index is 13.0. The van der Waals surface area contributed by atoms with Crippen molar-refractivity contribution in [2.45, 2.75) is 63.7 Å². The third-order valence-electron chi connectivity index (χ3n) is 5.51. The molecule has 0 radical (unpaired) electrons. The SMILES string of the molecule is CCC(C)C(NC(=O)C(CCC(=O)O)NC(=O)C(N)Cc1ccccc1)C(=O)NC(CO)C(=O)O. The number of hydrogen-bond donors (Lipinski definition) is 7. The largest absolute Gasteiger partial charge is 0.481 e. The fourth-order valence-corrected chi connectivity index (χ4v) is 3.18. The molecule has 35 heavy (non-hydrogen) atoms. The summed E-state index contributed by atoms with van der Waals surface area (Å²) in [5, 5.41) is 34.4. The Morgan fingerprint density at radius 2 is 1.51 bits per heavy atom. The van der Waals surface area contributed by atoms with E-state index < -0.39 is 72.8 Å². The Morgan fingerprint density at radius 3 is 2.03 bits per heavy atom. The van der Waals surface area contributed by atoms with Crippen LogP contribution in [0.1, 0.15) is 38.7 Å². The van der Waals surface area contributed by atoms with Crippen molar-refractivity contribution >= 4 is 29.7 Å². The molecule has 194 valence electrons. The molecule has 12 nitrogen and oxygen atoms in total. The molecule has 0 saturated carbocycles. The molecule has 8 N–H and O–H groups in total. The van der Waals surface area contributed by atoms with E-state index in [9.17, 15) is 29.1 Å². The van der Waals surface area contributed by atoms with Gasteiger partial charge in [-0.2, -0.15) is 0 Å². The maximum Gasteiger partial charge on any atom is 0.328 e. The van der Waals surface area contributed by atoms with E-state index in [4.69, 9.17) is 15.9 Å². The third-order valence-corrected chi connectivity index (χ3v) is 5.51. The number of benzene rings is 1. The lowest BCUT2D eigenvalue weighted by Gasteiger charge is -2.27. The minimum atomic E-state index is -1.57. The van der Waals surface area contributed by atoms with Crippen LogP contribution in [0.3, 0.4) is 0 Å². The van der Waals surface area contributed by atoms with Gasteiger partial charge in [0, 0.05) is 6.42 Å². The number of carbonyl (C=O) groups is 5. The summed E-state index contributed by atoms with van der Waals surface area (Å²) in [5.41, 5.74) is 6.77. The highest BCUT2D eigenvalue weighted by Crippen LogP contribution is 2.10. The minimum Gasteiger partial charge on any atom is -0.481 e. The molecule has 0 aliphatic carbocycles. The van der Waals surface area contributed by atoms with Gasteiger partial charge in [-0.15, -0.1) is 0 Å². The van der Waals surface area contributed by atoms with Crippen LogP contribution in [0.15, 0.2) is 30.3 Å². The van der Waals surface area contributed by atoms with E-state index in [0.717, 1.165) is 5.56 Å². The number of aliphatic hydroxyl groups excluding tert-OH is 1. The number of carboxylic acid groups (broad SMARTS) is 2. The van der Waals surface area contributed by atoms with Gasteiger partial charge >= 0.3 is 11.9 Å². The molecule has 5 unspecified atom stereocenters. The number of rotatable bonds is 15. The number of nitrogens with one attached hydrogen (secondary N) is 3. The van der Waals surface area contributed by atoms with Crippen LogP contribution in [0.4, 0.5) is 0 Å². The van der Waals surface area contributed by atoms with Crippen LogP contribution in [-0.4, -0.2) is 75.8 Å². The molecular formula is C23H34N4O8. The van der Waals surface area contributed by atoms with Gasteiger partial charge in [0.15, 0.2) is 0 Å². The summed E-state index contributed by atoms with van der Waals surface area (Å²) < 4.78 is 0. The second kappa shape index (κ2) is 14.7. The highest BCUT2D eigenvalue weighted by atomic mass is 16.4. The molecule has 0 saturated heterocycles. The van der Waals surface area contributed by atoms with E-state index in [1.807, 2.05) is 6.07 Å². The Balaban J connectivity index is 2.98. The lowest BCUT2D eigenvalue weighted by molar-refractivity contribution is -0.143. The highest BCUT2D eigenvalue weighted by Gasteiger charge is 2.32. The zero-order chi connectivity index (χ0) is 26.5. The Bertz CT molecular complexity index is 880. The smallest absolute Gasteiger partial charge is 0.328 e. The molecule has 0 aromatic heterocycles. The molecule has 5 atom stereocenters. The molecule has 0 aliphatic heterocycles. The van der Waals surface area contributed by atoms with Crippen molar-refractivity contribution in [3.8, 4) is 0 Å². The van der Waals surface area contributed by atoms with Crippen molar-refractivity contribution in [1.82, 2.24) is 16.0 Å². The fourth-order valence-electron chi connectivity index (χ4n) is 3.18. The van der Waals surface area contributed by atoms with Crippen LogP contribution in [-0.2, 0) is 30.4 Å². The summed E-state index contributed by atoms with van der Waals surface area (Å²) >= 11 is 0. The van der Waals surface area contributed by atoms with E-state index in [1.165, 1.54) is 0 Å². The van der Waals surface area contributed by atoms with E-state index in [1.54, 1.807) is 38.1 Å². The van der Waals surface area contributed by atoms with Gasteiger partial charge in [-0.3, -0.25) is 19.2 Å². The van der Waals surface area contributed by atoms with Gasteiger partial charge in [0.1, 0.15) is 18.1 Å². The van der Waals surface area contributed by atoms with E-state index in [2.05, 4.69) is 16.0 Å². The second-order valence-electron chi connectivity index (χ2n) is 8.24. The molecule has 0 spiro atoms.